The van der Waals surface area contributed by atoms with Crippen LogP contribution >= 0.6 is 34.5 Å². The molecule has 0 unspecified atom stereocenters. The third-order valence-electron chi connectivity index (χ3n) is 2.35. The summed E-state index contributed by atoms with van der Waals surface area (Å²) in [6, 6.07) is 3.23. The molecule has 2 aromatic rings. The maximum atomic E-state index is 12.3. The molecule has 0 aromatic carbocycles. The van der Waals surface area contributed by atoms with Crippen molar-refractivity contribution in [3.05, 3.63) is 44.3 Å². The van der Waals surface area contributed by atoms with Gasteiger partial charge in [0.15, 0.2) is 5.78 Å². The zero-order chi connectivity index (χ0) is 13.8. The lowest BCUT2D eigenvalue weighted by atomic mass is 10.1. The van der Waals surface area contributed by atoms with E-state index >= 15 is 0 Å². The Balaban J connectivity index is 2.26. The van der Waals surface area contributed by atoms with Gasteiger partial charge in [-0.3, -0.25) is 9.78 Å². The van der Waals surface area contributed by atoms with Gasteiger partial charge in [-0.15, -0.1) is 11.3 Å². The van der Waals surface area contributed by atoms with E-state index in [0.717, 1.165) is 6.42 Å². The van der Waals surface area contributed by atoms with Gasteiger partial charge < -0.3 is 4.74 Å². The van der Waals surface area contributed by atoms with Crippen LogP contribution in [0.4, 0.5) is 0 Å². The van der Waals surface area contributed by atoms with E-state index in [4.69, 9.17) is 27.9 Å². The number of pyridine rings is 1. The number of aromatic nitrogens is 1. The Labute approximate surface area is 125 Å². The standard InChI is InChI=1S/C13H11Cl2NO2S/c1-2-3-18-9-4-8(6-16-7-9)12(17)10-5-11(14)19-13(10)15/h4-7H,2-3H2,1H3. The van der Waals surface area contributed by atoms with Crippen LogP contribution in [0.25, 0.3) is 0 Å². The molecule has 100 valence electrons. The zero-order valence-corrected chi connectivity index (χ0v) is 12.5. The van der Waals surface area contributed by atoms with Crippen molar-refractivity contribution >= 4 is 40.3 Å². The molecule has 0 bridgehead atoms. The average Bonchev–Trinajstić information content (AvgIpc) is 2.75. The molecule has 2 rings (SSSR count). The van der Waals surface area contributed by atoms with E-state index < -0.39 is 0 Å². The van der Waals surface area contributed by atoms with Gasteiger partial charge in [0.2, 0.25) is 0 Å². The van der Waals surface area contributed by atoms with Crippen molar-refractivity contribution in [3.8, 4) is 5.75 Å². The SMILES string of the molecule is CCCOc1cncc(C(=O)c2cc(Cl)sc2Cl)c1. The van der Waals surface area contributed by atoms with Crippen LogP contribution < -0.4 is 4.74 Å². The molecule has 0 spiro atoms. The van der Waals surface area contributed by atoms with Gasteiger partial charge >= 0.3 is 0 Å². The van der Waals surface area contributed by atoms with Crippen molar-refractivity contribution in [1.29, 1.82) is 0 Å². The highest BCUT2D eigenvalue weighted by molar-refractivity contribution is 7.20. The zero-order valence-electron chi connectivity index (χ0n) is 10.2. The molecule has 0 aliphatic carbocycles. The number of hydrogen-bond acceptors (Lipinski definition) is 4. The lowest BCUT2D eigenvalue weighted by molar-refractivity contribution is 0.103. The van der Waals surface area contributed by atoms with Crippen LogP contribution in [-0.4, -0.2) is 17.4 Å². The highest BCUT2D eigenvalue weighted by Crippen LogP contribution is 2.32. The smallest absolute Gasteiger partial charge is 0.197 e. The van der Waals surface area contributed by atoms with Gasteiger partial charge in [0.1, 0.15) is 10.1 Å². The minimum atomic E-state index is -0.206. The highest BCUT2D eigenvalue weighted by Gasteiger charge is 2.17. The summed E-state index contributed by atoms with van der Waals surface area (Å²) < 4.78 is 6.32. The summed E-state index contributed by atoms with van der Waals surface area (Å²) in [6.07, 6.45) is 3.96. The van der Waals surface area contributed by atoms with E-state index in [1.807, 2.05) is 6.92 Å². The van der Waals surface area contributed by atoms with Gasteiger partial charge in [0.05, 0.1) is 22.7 Å². The second kappa shape index (κ2) is 6.37. The number of rotatable bonds is 5. The minimum Gasteiger partial charge on any atom is -0.492 e. The van der Waals surface area contributed by atoms with Crippen LogP contribution in [0.1, 0.15) is 29.3 Å². The monoisotopic (exact) mass is 315 g/mol. The summed E-state index contributed by atoms with van der Waals surface area (Å²) in [7, 11) is 0. The fourth-order valence-corrected chi connectivity index (χ4v) is 2.95. The fraction of sp³-hybridized carbons (Fsp3) is 0.231. The van der Waals surface area contributed by atoms with Crippen LogP contribution in [0, 0.1) is 0 Å². The van der Waals surface area contributed by atoms with Gasteiger partial charge in [0.25, 0.3) is 0 Å². The number of carbonyl (C=O) groups excluding carboxylic acids is 1. The first kappa shape index (κ1) is 14.3. The first-order valence-corrected chi connectivity index (χ1v) is 7.26. The Hall–Kier alpha value is -1.10. The molecule has 2 aromatic heterocycles. The lowest BCUT2D eigenvalue weighted by Crippen LogP contribution is -2.03. The third kappa shape index (κ3) is 3.47. The highest BCUT2D eigenvalue weighted by atomic mass is 35.5. The molecule has 0 saturated heterocycles. The number of thiophene rings is 1. The van der Waals surface area contributed by atoms with Crippen LogP contribution in [-0.2, 0) is 0 Å². The molecule has 0 N–H and O–H groups in total. The molecular weight excluding hydrogens is 305 g/mol. The fourth-order valence-electron chi connectivity index (χ4n) is 1.49. The average molecular weight is 316 g/mol. The van der Waals surface area contributed by atoms with Gasteiger partial charge in [0, 0.05) is 11.8 Å². The van der Waals surface area contributed by atoms with Crippen molar-refractivity contribution in [2.45, 2.75) is 13.3 Å². The van der Waals surface area contributed by atoms with E-state index in [2.05, 4.69) is 4.98 Å². The normalized spacial score (nSPS) is 10.5. The quantitative estimate of drug-likeness (QED) is 0.764. The van der Waals surface area contributed by atoms with Gasteiger partial charge in [-0.05, 0) is 18.6 Å². The van der Waals surface area contributed by atoms with E-state index in [0.29, 0.717) is 32.2 Å². The Kier molecular flexibility index (Phi) is 4.80. The Bertz CT molecular complexity index is 598. The third-order valence-corrected chi connectivity index (χ3v) is 3.84. The molecule has 3 nitrogen and oxygen atoms in total. The van der Waals surface area contributed by atoms with Gasteiger partial charge in [-0.25, -0.2) is 0 Å². The van der Waals surface area contributed by atoms with Gasteiger partial charge in [-0.2, -0.15) is 0 Å². The predicted molar refractivity (Wildman–Crippen MR) is 77.8 cm³/mol. The number of carbonyl (C=O) groups is 1. The molecule has 19 heavy (non-hydrogen) atoms. The molecular formula is C13H11Cl2NO2S. The molecule has 0 atom stereocenters. The van der Waals surface area contributed by atoms with Crippen LogP contribution in [0.3, 0.4) is 0 Å². The second-order valence-electron chi connectivity index (χ2n) is 3.82. The Morgan fingerprint density at radius 1 is 1.37 bits per heavy atom. The largest absolute Gasteiger partial charge is 0.492 e. The maximum absolute atomic E-state index is 12.3. The van der Waals surface area contributed by atoms with Gasteiger partial charge in [-0.1, -0.05) is 30.1 Å². The van der Waals surface area contributed by atoms with Crippen LogP contribution in [0.2, 0.25) is 8.67 Å². The lowest BCUT2D eigenvalue weighted by Gasteiger charge is -2.05. The second-order valence-corrected chi connectivity index (χ2v) is 6.11. The number of ether oxygens (including phenoxy) is 1. The Morgan fingerprint density at radius 3 is 2.79 bits per heavy atom. The summed E-state index contributed by atoms with van der Waals surface area (Å²) in [5.74, 6) is 0.368. The van der Waals surface area contributed by atoms with E-state index in [1.165, 1.54) is 17.5 Å². The van der Waals surface area contributed by atoms with Crippen molar-refractivity contribution in [2.24, 2.45) is 0 Å². The molecule has 0 amide bonds. The minimum absolute atomic E-state index is 0.206. The molecule has 0 aliphatic heterocycles. The summed E-state index contributed by atoms with van der Waals surface area (Å²) in [6.45, 7) is 2.60. The number of ketones is 1. The first-order valence-electron chi connectivity index (χ1n) is 5.69. The van der Waals surface area contributed by atoms with Crippen molar-refractivity contribution in [2.75, 3.05) is 6.61 Å². The summed E-state index contributed by atoms with van der Waals surface area (Å²) in [5, 5.41) is 0. The summed E-state index contributed by atoms with van der Waals surface area (Å²) in [4.78, 5) is 16.3. The first-order chi connectivity index (χ1) is 9.11. The Morgan fingerprint density at radius 2 is 2.16 bits per heavy atom. The van der Waals surface area contributed by atoms with Crippen LogP contribution in [0.15, 0.2) is 24.5 Å². The van der Waals surface area contributed by atoms with Crippen LogP contribution in [0.5, 0.6) is 5.75 Å². The summed E-state index contributed by atoms with van der Waals surface area (Å²) in [5.41, 5.74) is 0.830. The predicted octanol–water partition coefficient (Wildman–Crippen LogP) is 4.47. The van der Waals surface area contributed by atoms with Crippen molar-refractivity contribution in [1.82, 2.24) is 4.98 Å². The molecule has 0 fully saturated rings. The molecule has 0 aliphatic rings. The van der Waals surface area contributed by atoms with E-state index in [-0.39, 0.29) is 5.78 Å². The molecule has 6 heteroatoms. The number of halogens is 2. The molecule has 2 heterocycles. The van der Waals surface area contributed by atoms with E-state index in [9.17, 15) is 4.79 Å². The number of hydrogen-bond donors (Lipinski definition) is 0. The van der Waals surface area contributed by atoms with E-state index in [1.54, 1.807) is 18.3 Å². The summed E-state index contributed by atoms with van der Waals surface area (Å²) >= 11 is 13.0. The number of nitrogens with zero attached hydrogens (tertiary/aromatic N) is 1. The molecule has 0 saturated carbocycles. The maximum Gasteiger partial charge on any atom is 0.197 e. The molecule has 0 radical (unpaired) electrons. The topological polar surface area (TPSA) is 39.2 Å². The van der Waals surface area contributed by atoms with Crippen molar-refractivity contribution < 1.29 is 9.53 Å². The van der Waals surface area contributed by atoms with Crippen molar-refractivity contribution in [3.63, 3.8) is 0 Å².